The van der Waals surface area contributed by atoms with Crippen molar-refractivity contribution in [2.24, 2.45) is 10.7 Å². The molecule has 0 saturated heterocycles. The van der Waals surface area contributed by atoms with Gasteiger partial charge in [0.1, 0.15) is 5.84 Å². The zero-order chi connectivity index (χ0) is 9.97. The summed E-state index contributed by atoms with van der Waals surface area (Å²) >= 11 is 5.56. The molecule has 0 aromatic heterocycles. The van der Waals surface area contributed by atoms with Gasteiger partial charge in [-0.3, -0.25) is 0 Å². The normalized spacial score (nSPS) is 15.6. The standard InChI is InChI=1S/C11H13ClN2/c12-7-11(13)14-10-5-4-8-2-1-3-9(8)6-10/h4-6H,1-3,7H2,(H2,13,14). The van der Waals surface area contributed by atoms with Crippen LogP contribution in [0.5, 0.6) is 0 Å². The first-order chi connectivity index (χ1) is 6.79. The van der Waals surface area contributed by atoms with Gasteiger partial charge in [0.25, 0.3) is 0 Å². The maximum absolute atomic E-state index is 5.57. The van der Waals surface area contributed by atoms with Gasteiger partial charge < -0.3 is 5.73 Å². The number of rotatable bonds is 2. The van der Waals surface area contributed by atoms with Crippen LogP contribution in [0.15, 0.2) is 23.2 Å². The molecule has 0 unspecified atom stereocenters. The lowest BCUT2D eigenvalue weighted by Crippen LogP contribution is -2.12. The zero-order valence-corrected chi connectivity index (χ0v) is 8.72. The van der Waals surface area contributed by atoms with Crippen molar-refractivity contribution in [2.45, 2.75) is 19.3 Å². The van der Waals surface area contributed by atoms with E-state index in [0.717, 1.165) is 5.69 Å². The van der Waals surface area contributed by atoms with Gasteiger partial charge in [0.05, 0.1) is 11.6 Å². The van der Waals surface area contributed by atoms with E-state index < -0.39 is 0 Å². The Kier molecular flexibility index (Phi) is 2.73. The van der Waals surface area contributed by atoms with Crippen molar-refractivity contribution in [3.8, 4) is 0 Å². The molecule has 0 bridgehead atoms. The zero-order valence-electron chi connectivity index (χ0n) is 7.96. The van der Waals surface area contributed by atoms with Gasteiger partial charge in [-0.05, 0) is 42.5 Å². The Morgan fingerprint density at radius 1 is 1.36 bits per heavy atom. The maximum atomic E-state index is 5.57. The third-order valence-corrected chi connectivity index (χ3v) is 2.77. The van der Waals surface area contributed by atoms with Crippen molar-refractivity contribution in [3.05, 3.63) is 29.3 Å². The molecule has 14 heavy (non-hydrogen) atoms. The van der Waals surface area contributed by atoms with Crippen LogP contribution in [-0.4, -0.2) is 11.7 Å². The van der Waals surface area contributed by atoms with Crippen molar-refractivity contribution in [3.63, 3.8) is 0 Å². The fourth-order valence-corrected chi connectivity index (χ4v) is 1.88. The Labute approximate surface area is 88.8 Å². The highest BCUT2D eigenvalue weighted by Crippen LogP contribution is 2.26. The minimum atomic E-state index is 0.289. The molecule has 0 fully saturated rings. The Hall–Kier alpha value is -1.02. The number of fused-ring (bicyclic) bond motifs is 1. The van der Waals surface area contributed by atoms with E-state index in [1.807, 2.05) is 6.07 Å². The van der Waals surface area contributed by atoms with Gasteiger partial charge in [0.15, 0.2) is 0 Å². The number of halogens is 1. The lowest BCUT2D eigenvalue weighted by molar-refractivity contribution is 0.912. The molecule has 1 aromatic carbocycles. The molecule has 74 valence electrons. The van der Waals surface area contributed by atoms with Crippen molar-refractivity contribution >= 4 is 23.1 Å². The van der Waals surface area contributed by atoms with Crippen LogP contribution in [0.25, 0.3) is 0 Å². The summed E-state index contributed by atoms with van der Waals surface area (Å²) in [5, 5.41) is 0. The largest absolute Gasteiger partial charge is 0.386 e. The van der Waals surface area contributed by atoms with E-state index in [2.05, 4.69) is 17.1 Å². The molecule has 0 spiro atoms. The molecule has 1 aliphatic rings. The van der Waals surface area contributed by atoms with Gasteiger partial charge in [0, 0.05) is 0 Å². The highest BCUT2D eigenvalue weighted by Gasteiger charge is 2.10. The molecule has 1 aromatic rings. The molecule has 0 saturated carbocycles. The summed E-state index contributed by atoms with van der Waals surface area (Å²) in [5.74, 6) is 0.765. The van der Waals surface area contributed by atoms with Crippen molar-refractivity contribution < 1.29 is 0 Å². The molecule has 2 N–H and O–H groups in total. The minimum absolute atomic E-state index is 0.289. The number of hydrogen-bond donors (Lipinski definition) is 1. The molecule has 0 radical (unpaired) electrons. The summed E-state index contributed by atoms with van der Waals surface area (Å²) in [6, 6.07) is 6.26. The van der Waals surface area contributed by atoms with Crippen LogP contribution in [-0.2, 0) is 12.8 Å². The molecule has 0 heterocycles. The Morgan fingerprint density at radius 3 is 2.93 bits per heavy atom. The third kappa shape index (κ3) is 1.90. The lowest BCUT2D eigenvalue weighted by atomic mass is 10.1. The SMILES string of the molecule is NC(CCl)=Nc1ccc2c(c1)CCC2. The van der Waals surface area contributed by atoms with Crippen LogP contribution in [0.4, 0.5) is 5.69 Å². The van der Waals surface area contributed by atoms with Crippen LogP contribution in [0.3, 0.4) is 0 Å². The molecular weight excluding hydrogens is 196 g/mol. The van der Waals surface area contributed by atoms with E-state index in [4.69, 9.17) is 17.3 Å². The number of alkyl halides is 1. The summed E-state index contributed by atoms with van der Waals surface area (Å²) in [7, 11) is 0. The van der Waals surface area contributed by atoms with Crippen LogP contribution < -0.4 is 5.73 Å². The molecule has 2 nitrogen and oxygen atoms in total. The first-order valence-electron chi connectivity index (χ1n) is 4.80. The average molecular weight is 209 g/mol. The summed E-state index contributed by atoms with van der Waals surface area (Å²) in [5.41, 5.74) is 9.35. The van der Waals surface area contributed by atoms with E-state index in [9.17, 15) is 0 Å². The van der Waals surface area contributed by atoms with E-state index in [-0.39, 0.29) is 5.88 Å². The monoisotopic (exact) mass is 208 g/mol. The fourth-order valence-electron chi connectivity index (χ4n) is 1.82. The second kappa shape index (κ2) is 4.01. The second-order valence-corrected chi connectivity index (χ2v) is 3.81. The van der Waals surface area contributed by atoms with E-state index in [1.54, 1.807) is 0 Å². The van der Waals surface area contributed by atoms with Gasteiger partial charge >= 0.3 is 0 Å². The number of hydrogen-bond acceptors (Lipinski definition) is 1. The number of amidine groups is 1. The molecule has 0 atom stereocenters. The average Bonchev–Trinajstić information content (AvgIpc) is 2.64. The number of nitrogens with zero attached hydrogens (tertiary/aromatic N) is 1. The molecule has 2 rings (SSSR count). The van der Waals surface area contributed by atoms with Gasteiger partial charge in [-0.1, -0.05) is 6.07 Å². The minimum Gasteiger partial charge on any atom is -0.386 e. The Balaban J connectivity index is 2.29. The number of aliphatic imine (C=N–C) groups is 1. The maximum Gasteiger partial charge on any atom is 0.115 e. The summed E-state index contributed by atoms with van der Waals surface area (Å²) < 4.78 is 0. The van der Waals surface area contributed by atoms with Crippen molar-refractivity contribution in [1.29, 1.82) is 0 Å². The van der Waals surface area contributed by atoms with E-state index in [0.29, 0.717) is 5.84 Å². The van der Waals surface area contributed by atoms with E-state index >= 15 is 0 Å². The number of benzene rings is 1. The predicted octanol–water partition coefficient (Wildman–Crippen LogP) is 2.40. The fraction of sp³-hybridized carbons (Fsp3) is 0.364. The Morgan fingerprint density at radius 2 is 2.14 bits per heavy atom. The number of aryl methyl sites for hydroxylation is 2. The molecule has 0 aliphatic heterocycles. The first-order valence-corrected chi connectivity index (χ1v) is 5.34. The second-order valence-electron chi connectivity index (χ2n) is 3.54. The highest BCUT2D eigenvalue weighted by atomic mass is 35.5. The summed E-state index contributed by atoms with van der Waals surface area (Å²) in [6.45, 7) is 0. The van der Waals surface area contributed by atoms with Gasteiger partial charge in [0.2, 0.25) is 0 Å². The first kappa shape index (κ1) is 9.53. The van der Waals surface area contributed by atoms with Crippen molar-refractivity contribution in [1.82, 2.24) is 0 Å². The van der Waals surface area contributed by atoms with Crippen LogP contribution >= 0.6 is 11.6 Å². The van der Waals surface area contributed by atoms with Crippen LogP contribution in [0.2, 0.25) is 0 Å². The van der Waals surface area contributed by atoms with Gasteiger partial charge in [-0.2, -0.15) is 0 Å². The molecular formula is C11H13ClN2. The van der Waals surface area contributed by atoms with Crippen molar-refractivity contribution in [2.75, 3.05) is 5.88 Å². The topological polar surface area (TPSA) is 38.4 Å². The van der Waals surface area contributed by atoms with Crippen LogP contribution in [0.1, 0.15) is 17.5 Å². The Bertz CT molecular complexity index is 372. The smallest absolute Gasteiger partial charge is 0.115 e. The summed E-state index contributed by atoms with van der Waals surface area (Å²) in [6.07, 6.45) is 3.62. The number of nitrogens with two attached hydrogens (primary N) is 1. The molecule has 0 amide bonds. The third-order valence-electron chi connectivity index (χ3n) is 2.49. The van der Waals surface area contributed by atoms with Gasteiger partial charge in [-0.15, -0.1) is 11.6 Å². The quantitative estimate of drug-likeness (QED) is 0.453. The highest BCUT2D eigenvalue weighted by molar-refractivity contribution is 6.28. The van der Waals surface area contributed by atoms with E-state index in [1.165, 1.54) is 30.4 Å². The summed E-state index contributed by atoms with van der Waals surface area (Å²) in [4.78, 5) is 4.22. The lowest BCUT2D eigenvalue weighted by Gasteiger charge is -2.01. The van der Waals surface area contributed by atoms with Crippen LogP contribution in [0, 0.1) is 0 Å². The predicted molar refractivity (Wildman–Crippen MR) is 60.5 cm³/mol. The van der Waals surface area contributed by atoms with Gasteiger partial charge in [-0.25, -0.2) is 4.99 Å². The molecule has 1 aliphatic carbocycles. The molecule has 3 heteroatoms.